The number of amides is 2. The number of nitrogens with two attached hydrogens (primary N) is 2. The molecule has 0 aliphatic heterocycles. The summed E-state index contributed by atoms with van der Waals surface area (Å²) in [6.45, 7) is -0.185. The fraction of sp³-hybridized carbons (Fsp3) is 0.111. The van der Waals surface area contributed by atoms with Gasteiger partial charge in [-0.2, -0.15) is 0 Å². The second-order valence-corrected chi connectivity index (χ2v) is 2.64. The van der Waals surface area contributed by atoms with Crippen molar-refractivity contribution < 1.29 is 14.3 Å². The van der Waals surface area contributed by atoms with Crippen LogP contribution in [0.15, 0.2) is 24.3 Å². The summed E-state index contributed by atoms with van der Waals surface area (Å²) < 4.78 is 4.98. The summed E-state index contributed by atoms with van der Waals surface area (Å²) in [5.74, 6) is -0.593. The predicted molar refractivity (Wildman–Crippen MR) is 49.6 cm³/mol. The molecule has 5 heteroatoms. The Hall–Kier alpha value is -2.04. The van der Waals surface area contributed by atoms with Gasteiger partial charge in [-0.3, -0.25) is 9.59 Å². The molecule has 1 rings (SSSR count). The highest BCUT2D eigenvalue weighted by molar-refractivity contribution is 5.92. The van der Waals surface area contributed by atoms with E-state index in [4.69, 9.17) is 16.2 Å². The second-order valence-electron chi connectivity index (χ2n) is 2.64. The molecule has 0 saturated carbocycles. The first-order valence-electron chi connectivity index (χ1n) is 3.90. The Morgan fingerprint density at radius 3 is 2.14 bits per heavy atom. The maximum absolute atomic E-state index is 10.7. The van der Waals surface area contributed by atoms with Gasteiger partial charge in [0, 0.05) is 5.56 Å². The lowest BCUT2D eigenvalue weighted by Crippen LogP contribution is -2.20. The third-order valence-electron chi connectivity index (χ3n) is 1.52. The van der Waals surface area contributed by atoms with E-state index in [1.165, 1.54) is 12.1 Å². The van der Waals surface area contributed by atoms with Gasteiger partial charge in [0.05, 0.1) is 0 Å². The lowest BCUT2D eigenvalue weighted by molar-refractivity contribution is -0.119. The highest BCUT2D eigenvalue weighted by Gasteiger charge is 2.00. The zero-order valence-corrected chi connectivity index (χ0v) is 7.40. The van der Waals surface area contributed by atoms with Gasteiger partial charge in [-0.05, 0) is 24.3 Å². The van der Waals surface area contributed by atoms with Gasteiger partial charge in [-0.15, -0.1) is 0 Å². The molecule has 0 bridgehead atoms. The number of primary amides is 2. The molecule has 5 nitrogen and oxygen atoms in total. The van der Waals surface area contributed by atoms with Gasteiger partial charge in [-0.1, -0.05) is 0 Å². The van der Waals surface area contributed by atoms with E-state index >= 15 is 0 Å². The Morgan fingerprint density at radius 2 is 1.71 bits per heavy atom. The fourth-order valence-corrected chi connectivity index (χ4v) is 0.870. The number of rotatable bonds is 4. The lowest BCUT2D eigenvalue weighted by Gasteiger charge is -2.03. The molecule has 2 amide bonds. The number of carbonyl (C=O) groups is 2. The first kappa shape index (κ1) is 10.0. The molecule has 0 aromatic heterocycles. The summed E-state index contributed by atoms with van der Waals surface area (Å²) in [5.41, 5.74) is 10.3. The van der Waals surface area contributed by atoms with Crippen molar-refractivity contribution in [1.29, 1.82) is 0 Å². The molecular formula is C9H10N2O3. The Labute approximate surface area is 80.6 Å². The molecule has 0 atom stereocenters. The molecule has 0 aliphatic carbocycles. The van der Waals surface area contributed by atoms with Crippen molar-refractivity contribution >= 4 is 11.8 Å². The van der Waals surface area contributed by atoms with E-state index in [2.05, 4.69) is 0 Å². The van der Waals surface area contributed by atoms with Crippen LogP contribution in [0.25, 0.3) is 0 Å². The Bertz CT molecular complexity index is 346. The quantitative estimate of drug-likeness (QED) is 0.685. The maximum atomic E-state index is 10.7. The highest BCUT2D eigenvalue weighted by atomic mass is 16.5. The van der Waals surface area contributed by atoms with E-state index in [-0.39, 0.29) is 6.61 Å². The van der Waals surface area contributed by atoms with Crippen molar-refractivity contribution in [2.24, 2.45) is 11.5 Å². The highest BCUT2D eigenvalue weighted by Crippen LogP contribution is 2.11. The minimum absolute atomic E-state index is 0.185. The van der Waals surface area contributed by atoms with Gasteiger partial charge in [0.1, 0.15) is 5.75 Å². The van der Waals surface area contributed by atoms with E-state index < -0.39 is 11.8 Å². The van der Waals surface area contributed by atoms with Crippen molar-refractivity contribution in [2.45, 2.75) is 0 Å². The third kappa shape index (κ3) is 2.78. The minimum Gasteiger partial charge on any atom is -0.484 e. The molecule has 74 valence electrons. The summed E-state index contributed by atoms with van der Waals surface area (Å²) in [6.07, 6.45) is 0. The first-order valence-corrected chi connectivity index (χ1v) is 3.90. The third-order valence-corrected chi connectivity index (χ3v) is 1.52. The Balaban J connectivity index is 2.64. The van der Waals surface area contributed by atoms with Crippen LogP contribution in [0.5, 0.6) is 5.75 Å². The molecule has 0 aliphatic rings. The summed E-state index contributed by atoms with van der Waals surface area (Å²) >= 11 is 0. The van der Waals surface area contributed by atoms with Gasteiger partial charge >= 0.3 is 0 Å². The molecule has 14 heavy (non-hydrogen) atoms. The summed E-state index contributed by atoms with van der Waals surface area (Å²) in [5, 5.41) is 0. The van der Waals surface area contributed by atoms with Crippen molar-refractivity contribution in [2.75, 3.05) is 6.61 Å². The van der Waals surface area contributed by atoms with Crippen molar-refractivity contribution in [3.63, 3.8) is 0 Å². The van der Waals surface area contributed by atoms with E-state index in [0.717, 1.165) is 0 Å². The molecule has 0 spiro atoms. The molecule has 0 heterocycles. The van der Waals surface area contributed by atoms with Crippen LogP contribution in [0.2, 0.25) is 0 Å². The van der Waals surface area contributed by atoms with E-state index in [1.54, 1.807) is 12.1 Å². The van der Waals surface area contributed by atoms with Gasteiger partial charge in [0.15, 0.2) is 6.61 Å². The van der Waals surface area contributed by atoms with E-state index in [0.29, 0.717) is 11.3 Å². The summed E-state index contributed by atoms with van der Waals surface area (Å²) in [4.78, 5) is 21.1. The van der Waals surface area contributed by atoms with Crippen LogP contribution in [0, 0.1) is 0 Å². The SMILES string of the molecule is NC(=O)COc1ccc(C(N)=O)cc1. The smallest absolute Gasteiger partial charge is 0.255 e. The van der Waals surface area contributed by atoms with Crippen LogP contribution in [-0.4, -0.2) is 18.4 Å². The first-order chi connectivity index (χ1) is 6.59. The van der Waals surface area contributed by atoms with Gasteiger partial charge in [-0.25, -0.2) is 0 Å². The van der Waals surface area contributed by atoms with Crippen LogP contribution < -0.4 is 16.2 Å². The van der Waals surface area contributed by atoms with Gasteiger partial charge in [0.2, 0.25) is 5.91 Å². The molecule has 4 N–H and O–H groups in total. The molecule has 1 aromatic carbocycles. The number of benzene rings is 1. The standard InChI is InChI=1S/C9H10N2O3/c10-8(12)5-14-7-3-1-6(2-4-7)9(11)13/h1-4H,5H2,(H2,10,12)(H2,11,13). The molecule has 0 saturated heterocycles. The molecule has 0 unspecified atom stereocenters. The van der Waals surface area contributed by atoms with Crippen molar-refractivity contribution in [3.05, 3.63) is 29.8 Å². The van der Waals surface area contributed by atoms with Gasteiger partial charge < -0.3 is 16.2 Å². The zero-order valence-electron chi connectivity index (χ0n) is 7.40. The Kier molecular flexibility index (Phi) is 3.06. The molecular weight excluding hydrogens is 184 g/mol. The Morgan fingerprint density at radius 1 is 1.14 bits per heavy atom. The normalized spacial score (nSPS) is 9.43. The monoisotopic (exact) mass is 194 g/mol. The van der Waals surface area contributed by atoms with Crippen molar-refractivity contribution in [3.8, 4) is 5.75 Å². The average Bonchev–Trinajstić information content (AvgIpc) is 2.15. The van der Waals surface area contributed by atoms with E-state index in [1.807, 2.05) is 0 Å². The minimum atomic E-state index is -0.552. The largest absolute Gasteiger partial charge is 0.484 e. The second kappa shape index (κ2) is 4.27. The molecule has 1 aromatic rings. The number of ether oxygens (including phenoxy) is 1. The van der Waals surface area contributed by atoms with Crippen LogP contribution in [-0.2, 0) is 4.79 Å². The van der Waals surface area contributed by atoms with Crippen LogP contribution in [0.4, 0.5) is 0 Å². The zero-order chi connectivity index (χ0) is 10.6. The summed E-state index contributed by atoms with van der Waals surface area (Å²) in [6, 6.07) is 6.11. The lowest BCUT2D eigenvalue weighted by atomic mass is 10.2. The maximum Gasteiger partial charge on any atom is 0.255 e. The van der Waals surface area contributed by atoms with Crippen LogP contribution >= 0.6 is 0 Å². The fourth-order valence-electron chi connectivity index (χ4n) is 0.870. The van der Waals surface area contributed by atoms with Crippen LogP contribution in [0.1, 0.15) is 10.4 Å². The summed E-state index contributed by atoms with van der Waals surface area (Å²) in [7, 11) is 0. The molecule has 0 fully saturated rings. The van der Waals surface area contributed by atoms with E-state index in [9.17, 15) is 9.59 Å². The number of hydrogen-bond acceptors (Lipinski definition) is 3. The number of hydrogen-bond donors (Lipinski definition) is 2. The topological polar surface area (TPSA) is 95.4 Å². The number of carbonyl (C=O) groups excluding carboxylic acids is 2. The molecule has 0 radical (unpaired) electrons. The average molecular weight is 194 g/mol. The van der Waals surface area contributed by atoms with Crippen molar-refractivity contribution in [1.82, 2.24) is 0 Å². The van der Waals surface area contributed by atoms with Gasteiger partial charge in [0.25, 0.3) is 5.91 Å². The predicted octanol–water partition coefficient (Wildman–Crippen LogP) is -0.350. The van der Waals surface area contributed by atoms with Crippen LogP contribution in [0.3, 0.4) is 0 Å².